The third-order valence-electron chi connectivity index (χ3n) is 2.88. The number of hydrogen-bond acceptors (Lipinski definition) is 3. The molecule has 5 nitrogen and oxygen atoms in total. The fraction of sp³-hybridized carbons (Fsp3) is 0.125. The quantitative estimate of drug-likeness (QED) is 0.750. The second-order valence-electron chi connectivity index (χ2n) is 4.72. The van der Waals surface area contributed by atoms with E-state index in [2.05, 4.69) is 10.6 Å². The number of nitrogen functional groups attached to an aromatic ring is 1. The summed E-state index contributed by atoms with van der Waals surface area (Å²) in [6.07, 6.45) is 0. The first-order valence-electron chi connectivity index (χ1n) is 6.55. The Morgan fingerprint density at radius 2 is 1.81 bits per heavy atom. The summed E-state index contributed by atoms with van der Waals surface area (Å²) in [7, 11) is 0. The molecule has 0 aliphatic carbocycles. The first-order chi connectivity index (χ1) is 10.0. The monoisotopic (exact) mass is 283 g/mol. The van der Waals surface area contributed by atoms with Crippen molar-refractivity contribution >= 4 is 23.2 Å². The molecular formula is C16H17N3O2. The molecule has 0 aliphatic rings. The highest BCUT2D eigenvalue weighted by molar-refractivity contribution is 5.99. The lowest BCUT2D eigenvalue weighted by Crippen LogP contribution is -2.32. The van der Waals surface area contributed by atoms with Gasteiger partial charge in [-0.1, -0.05) is 12.1 Å². The van der Waals surface area contributed by atoms with Crippen LogP contribution in [0.1, 0.15) is 15.9 Å². The van der Waals surface area contributed by atoms with Crippen LogP contribution in [0.2, 0.25) is 0 Å². The molecule has 2 amide bonds. The molecule has 4 N–H and O–H groups in total. The molecule has 5 heteroatoms. The van der Waals surface area contributed by atoms with Crippen molar-refractivity contribution in [2.24, 2.45) is 0 Å². The molecule has 0 unspecified atom stereocenters. The van der Waals surface area contributed by atoms with Crippen LogP contribution in [-0.4, -0.2) is 18.4 Å². The summed E-state index contributed by atoms with van der Waals surface area (Å²) in [6.45, 7) is 1.86. The standard InChI is InChI=1S/C16H17N3O2/c1-11-3-2-4-14(9-11)19-15(20)10-18-16(21)12-5-7-13(17)8-6-12/h2-9H,10,17H2,1H3,(H,18,21)(H,19,20). The lowest BCUT2D eigenvalue weighted by molar-refractivity contribution is -0.115. The SMILES string of the molecule is Cc1cccc(NC(=O)CNC(=O)c2ccc(N)cc2)c1. The van der Waals surface area contributed by atoms with Gasteiger partial charge in [0.15, 0.2) is 0 Å². The Labute approximate surface area is 123 Å². The second kappa shape index (κ2) is 6.56. The molecule has 21 heavy (non-hydrogen) atoms. The maximum Gasteiger partial charge on any atom is 0.251 e. The minimum absolute atomic E-state index is 0.0862. The summed E-state index contributed by atoms with van der Waals surface area (Å²) in [5.41, 5.74) is 8.37. The normalized spacial score (nSPS) is 9.95. The van der Waals surface area contributed by atoms with Crippen molar-refractivity contribution in [2.45, 2.75) is 6.92 Å². The molecule has 0 saturated heterocycles. The van der Waals surface area contributed by atoms with E-state index in [1.54, 1.807) is 30.3 Å². The van der Waals surface area contributed by atoms with Gasteiger partial charge in [0.1, 0.15) is 0 Å². The van der Waals surface area contributed by atoms with Crippen LogP contribution >= 0.6 is 0 Å². The molecule has 0 aliphatic heterocycles. The van der Waals surface area contributed by atoms with E-state index in [-0.39, 0.29) is 18.4 Å². The predicted molar refractivity (Wildman–Crippen MR) is 83.0 cm³/mol. The van der Waals surface area contributed by atoms with Crippen molar-refractivity contribution < 1.29 is 9.59 Å². The molecule has 108 valence electrons. The van der Waals surface area contributed by atoms with Crippen LogP contribution in [0, 0.1) is 6.92 Å². The molecule has 2 aromatic rings. The number of nitrogens with one attached hydrogen (secondary N) is 2. The highest BCUT2D eigenvalue weighted by atomic mass is 16.2. The summed E-state index contributed by atoms with van der Waals surface area (Å²) in [5.74, 6) is -0.584. The lowest BCUT2D eigenvalue weighted by Gasteiger charge is -2.07. The second-order valence-corrected chi connectivity index (χ2v) is 4.72. The van der Waals surface area contributed by atoms with E-state index >= 15 is 0 Å². The molecule has 2 aromatic carbocycles. The molecule has 0 saturated carbocycles. The van der Waals surface area contributed by atoms with E-state index in [1.807, 2.05) is 25.1 Å². The van der Waals surface area contributed by atoms with Crippen LogP contribution in [0.4, 0.5) is 11.4 Å². The highest BCUT2D eigenvalue weighted by Gasteiger charge is 2.08. The van der Waals surface area contributed by atoms with Crippen molar-refractivity contribution in [1.29, 1.82) is 0 Å². The van der Waals surface area contributed by atoms with Gasteiger partial charge in [0.05, 0.1) is 6.54 Å². The zero-order chi connectivity index (χ0) is 15.2. The zero-order valence-electron chi connectivity index (χ0n) is 11.7. The molecule has 2 rings (SSSR count). The minimum atomic E-state index is -0.311. The molecule has 0 radical (unpaired) electrons. The van der Waals surface area contributed by atoms with E-state index in [4.69, 9.17) is 5.73 Å². The van der Waals surface area contributed by atoms with E-state index in [0.29, 0.717) is 16.9 Å². The van der Waals surface area contributed by atoms with Crippen LogP contribution in [0.3, 0.4) is 0 Å². The number of carbonyl (C=O) groups is 2. The van der Waals surface area contributed by atoms with Gasteiger partial charge < -0.3 is 16.4 Å². The number of hydrogen-bond donors (Lipinski definition) is 3. The fourth-order valence-corrected chi connectivity index (χ4v) is 1.83. The van der Waals surface area contributed by atoms with Crippen LogP contribution < -0.4 is 16.4 Å². The van der Waals surface area contributed by atoms with Gasteiger partial charge in [-0.15, -0.1) is 0 Å². The Bertz CT molecular complexity index is 651. The Morgan fingerprint density at radius 3 is 2.48 bits per heavy atom. The Hall–Kier alpha value is -2.82. The molecule has 0 spiro atoms. The van der Waals surface area contributed by atoms with Gasteiger partial charge in [-0.05, 0) is 48.9 Å². The first kappa shape index (κ1) is 14.6. The number of carbonyl (C=O) groups excluding carboxylic acids is 2. The van der Waals surface area contributed by atoms with Crippen molar-refractivity contribution in [2.75, 3.05) is 17.6 Å². The summed E-state index contributed by atoms with van der Waals surface area (Å²) in [4.78, 5) is 23.6. The van der Waals surface area contributed by atoms with Gasteiger partial charge in [-0.25, -0.2) is 0 Å². The van der Waals surface area contributed by atoms with Crippen LogP contribution in [0.15, 0.2) is 48.5 Å². The van der Waals surface area contributed by atoms with E-state index in [9.17, 15) is 9.59 Å². The Kier molecular flexibility index (Phi) is 4.56. The molecule has 0 aromatic heterocycles. The summed E-state index contributed by atoms with van der Waals surface area (Å²) in [6, 6.07) is 14.0. The van der Waals surface area contributed by atoms with Crippen LogP contribution in [0.25, 0.3) is 0 Å². The van der Waals surface area contributed by atoms with Crippen LogP contribution in [-0.2, 0) is 4.79 Å². The smallest absolute Gasteiger partial charge is 0.251 e. The van der Waals surface area contributed by atoms with E-state index in [1.165, 1.54) is 0 Å². The van der Waals surface area contributed by atoms with Gasteiger partial charge in [-0.2, -0.15) is 0 Å². The third-order valence-corrected chi connectivity index (χ3v) is 2.88. The van der Waals surface area contributed by atoms with Gasteiger partial charge in [-0.3, -0.25) is 9.59 Å². The first-order valence-corrected chi connectivity index (χ1v) is 6.55. The third kappa shape index (κ3) is 4.35. The van der Waals surface area contributed by atoms with Gasteiger partial charge in [0.25, 0.3) is 5.91 Å². The van der Waals surface area contributed by atoms with Gasteiger partial charge in [0.2, 0.25) is 5.91 Å². The van der Waals surface area contributed by atoms with Gasteiger partial charge >= 0.3 is 0 Å². The van der Waals surface area contributed by atoms with Crippen molar-refractivity contribution in [3.8, 4) is 0 Å². The topological polar surface area (TPSA) is 84.2 Å². The molecule has 0 heterocycles. The number of anilines is 2. The summed E-state index contributed by atoms with van der Waals surface area (Å²) >= 11 is 0. The van der Waals surface area contributed by atoms with Gasteiger partial charge in [0, 0.05) is 16.9 Å². The zero-order valence-corrected chi connectivity index (χ0v) is 11.7. The summed E-state index contributed by atoms with van der Waals surface area (Å²) in [5, 5.41) is 5.29. The number of nitrogens with two attached hydrogens (primary N) is 1. The average molecular weight is 283 g/mol. The van der Waals surface area contributed by atoms with Crippen LogP contribution in [0.5, 0.6) is 0 Å². The maximum atomic E-state index is 11.8. The molecule has 0 bridgehead atoms. The maximum absolute atomic E-state index is 11.8. The predicted octanol–water partition coefficient (Wildman–Crippen LogP) is 1.95. The van der Waals surface area contributed by atoms with Crippen molar-refractivity contribution in [3.63, 3.8) is 0 Å². The number of rotatable bonds is 4. The number of amides is 2. The van der Waals surface area contributed by atoms with Crippen molar-refractivity contribution in [1.82, 2.24) is 5.32 Å². The number of aryl methyl sites for hydroxylation is 1. The highest BCUT2D eigenvalue weighted by Crippen LogP contribution is 2.09. The minimum Gasteiger partial charge on any atom is -0.399 e. The Morgan fingerprint density at radius 1 is 1.10 bits per heavy atom. The molecular weight excluding hydrogens is 266 g/mol. The van der Waals surface area contributed by atoms with E-state index < -0.39 is 0 Å². The van der Waals surface area contributed by atoms with E-state index in [0.717, 1.165) is 5.56 Å². The lowest BCUT2D eigenvalue weighted by atomic mass is 10.2. The fourth-order valence-electron chi connectivity index (χ4n) is 1.83. The molecule has 0 fully saturated rings. The average Bonchev–Trinajstić information content (AvgIpc) is 2.45. The Balaban J connectivity index is 1.86. The summed E-state index contributed by atoms with van der Waals surface area (Å²) < 4.78 is 0. The molecule has 0 atom stereocenters. The van der Waals surface area contributed by atoms with Crippen molar-refractivity contribution in [3.05, 3.63) is 59.7 Å². The largest absolute Gasteiger partial charge is 0.399 e. The number of benzene rings is 2.